The molecule has 106 valence electrons. The molecule has 19 heavy (non-hydrogen) atoms. The number of carbonyl (C=O) groups is 1. The van der Waals surface area contributed by atoms with Gasteiger partial charge in [0.05, 0.1) is 5.56 Å². The Kier molecular flexibility index (Phi) is 5.67. The predicted octanol–water partition coefficient (Wildman–Crippen LogP) is 3.48. The highest BCUT2D eigenvalue weighted by molar-refractivity contribution is 6.18. The van der Waals surface area contributed by atoms with Gasteiger partial charge in [-0.25, -0.2) is 0 Å². The first-order valence-electron chi connectivity index (χ1n) is 6.62. The van der Waals surface area contributed by atoms with E-state index in [2.05, 4.69) is 19.2 Å². The van der Waals surface area contributed by atoms with Crippen molar-refractivity contribution in [2.24, 2.45) is 5.41 Å². The summed E-state index contributed by atoms with van der Waals surface area (Å²) in [5, 5.41) is 12.6. The van der Waals surface area contributed by atoms with E-state index in [-0.39, 0.29) is 17.1 Å². The van der Waals surface area contributed by atoms with E-state index in [0.717, 1.165) is 18.4 Å². The lowest BCUT2D eigenvalue weighted by Gasteiger charge is -2.29. The molecule has 0 heterocycles. The first-order valence-corrected chi connectivity index (χ1v) is 7.15. The number of amides is 1. The van der Waals surface area contributed by atoms with Gasteiger partial charge in [0.25, 0.3) is 5.91 Å². The van der Waals surface area contributed by atoms with Crippen LogP contribution in [-0.4, -0.2) is 23.4 Å². The number of alkyl halides is 1. The zero-order chi connectivity index (χ0) is 14.5. The maximum Gasteiger partial charge on any atom is 0.255 e. The third kappa shape index (κ3) is 3.87. The number of hydrogen-bond donors (Lipinski definition) is 2. The van der Waals surface area contributed by atoms with Crippen LogP contribution < -0.4 is 5.32 Å². The SMILES string of the molecule is CCC(CC)(CCl)CNC(=O)c1ccc(C)cc1O. The Morgan fingerprint density at radius 3 is 2.47 bits per heavy atom. The van der Waals surface area contributed by atoms with Crippen LogP contribution in [0.2, 0.25) is 0 Å². The van der Waals surface area contributed by atoms with Gasteiger partial charge in [0.2, 0.25) is 0 Å². The standard InChI is InChI=1S/C15H22ClNO2/c1-4-15(5-2,9-16)10-17-14(19)12-7-6-11(3)8-13(12)18/h6-8,18H,4-5,9-10H2,1-3H3,(H,17,19). The number of phenols is 1. The van der Waals surface area contributed by atoms with E-state index in [0.29, 0.717) is 18.0 Å². The van der Waals surface area contributed by atoms with Crippen LogP contribution in [0.4, 0.5) is 0 Å². The quantitative estimate of drug-likeness (QED) is 0.785. The maximum absolute atomic E-state index is 12.1. The molecule has 0 aliphatic carbocycles. The smallest absolute Gasteiger partial charge is 0.255 e. The van der Waals surface area contributed by atoms with E-state index in [1.807, 2.05) is 13.0 Å². The number of phenolic OH excluding ortho intramolecular Hbond substituents is 1. The van der Waals surface area contributed by atoms with Gasteiger partial charge < -0.3 is 10.4 Å². The molecule has 0 unspecified atom stereocenters. The second kappa shape index (κ2) is 6.80. The molecule has 0 saturated carbocycles. The number of halogens is 1. The van der Waals surface area contributed by atoms with Gasteiger partial charge >= 0.3 is 0 Å². The topological polar surface area (TPSA) is 49.3 Å². The number of rotatable bonds is 6. The molecule has 1 rings (SSSR count). The molecular weight excluding hydrogens is 262 g/mol. The fourth-order valence-corrected chi connectivity index (χ4v) is 2.41. The average Bonchev–Trinajstić information content (AvgIpc) is 2.40. The van der Waals surface area contributed by atoms with Crippen LogP contribution in [0, 0.1) is 12.3 Å². The van der Waals surface area contributed by atoms with Crippen LogP contribution in [-0.2, 0) is 0 Å². The van der Waals surface area contributed by atoms with Crippen molar-refractivity contribution in [1.82, 2.24) is 5.32 Å². The summed E-state index contributed by atoms with van der Waals surface area (Å²) in [6.45, 7) is 6.53. The van der Waals surface area contributed by atoms with E-state index in [1.165, 1.54) is 0 Å². The minimum absolute atomic E-state index is 0.0157. The van der Waals surface area contributed by atoms with Gasteiger partial charge in [-0.1, -0.05) is 19.9 Å². The molecule has 4 heteroatoms. The van der Waals surface area contributed by atoms with Crippen LogP contribution in [0.5, 0.6) is 5.75 Å². The summed E-state index contributed by atoms with van der Waals surface area (Å²) in [5.74, 6) is 0.274. The summed E-state index contributed by atoms with van der Waals surface area (Å²) in [7, 11) is 0. The zero-order valence-electron chi connectivity index (χ0n) is 11.8. The van der Waals surface area contributed by atoms with Gasteiger partial charge in [0.1, 0.15) is 5.75 Å². The van der Waals surface area contributed by atoms with Crippen LogP contribution in [0.3, 0.4) is 0 Å². The second-order valence-electron chi connectivity index (χ2n) is 5.04. The molecule has 3 nitrogen and oxygen atoms in total. The van der Waals surface area contributed by atoms with E-state index >= 15 is 0 Å². The van der Waals surface area contributed by atoms with Crippen molar-refractivity contribution >= 4 is 17.5 Å². The van der Waals surface area contributed by atoms with Crippen molar-refractivity contribution in [1.29, 1.82) is 0 Å². The Morgan fingerprint density at radius 2 is 2.00 bits per heavy atom. The largest absolute Gasteiger partial charge is 0.507 e. The van der Waals surface area contributed by atoms with Gasteiger partial charge in [0, 0.05) is 17.8 Å². The van der Waals surface area contributed by atoms with E-state index in [4.69, 9.17) is 11.6 Å². The number of aryl methyl sites for hydroxylation is 1. The molecule has 0 aromatic heterocycles. The molecule has 0 aliphatic rings. The van der Waals surface area contributed by atoms with Crippen LogP contribution in [0.1, 0.15) is 42.6 Å². The normalized spacial score (nSPS) is 11.4. The van der Waals surface area contributed by atoms with Crippen molar-refractivity contribution in [3.8, 4) is 5.75 Å². The van der Waals surface area contributed by atoms with Crippen LogP contribution >= 0.6 is 11.6 Å². The molecular formula is C15H22ClNO2. The molecule has 0 fully saturated rings. The Labute approximate surface area is 120 Å². The molecule has 1 amide bonds. The molecule has 0 spiro atoms. The zero-order valence-corrected chi connectivity index (χ0v) is 12.5. The third-order valence-corrected chi connectivity index (χ3v) is 4.37. The van der Waals surface area contributed by atoms with Crippen molar-refractivity contribution in [2.75, 3.05) is 12.4 Å². The van der Waals surface area contributed by atoms with E-state index < -0.39 is 0 Å². The number of carbonyl (C=O) groups excluding carboxylic acids is 1. The molecule has 0 bridgehead atoms. The van der Waals surface area contributed by atoms with Crippen molar-refractivity contribution in [2.45, 2.75) is 33.6 Å². The fourth-order valence-electron chi connectivity index (χ4n) is 1.93. The second-order valence-corrected chi connectivity index (χ2v) is 5.31. The lowest BCUT2D eigenvalue weighted by molar-refractivity contribution is 0.0929. The molecule has 0 radical (unpaired) electrons. The van der Waals surface area contributed by atoms with E-state index in [9.17, 15) is 9.90 Å². The summed E-state index contributed by atoms with van der Waals surface area (Å²) in [6.07, 6.45) is 1.82. The lowest BCUT2D eigenvalue weighted by atomic mass is 9.84. The Balaban J connectivity index is 2.75. The molecule has 0 aliphatic heterocycles. The number of aromatic hydroxyl groups is 1. The Hall–Kier alpha value is -1.22. The predicted molar refractivity (Wildman–Crippen MR) is 78.9 cm³/mol. The highest BCUT2D eigenvalue weighted by atomic mass is 35.5. The third-order valence-electron chi connectivity index (χ3n) is 3.81. The molecule has 1 aromatic carbocycles. The average molecular weight is 284 g/mol. The fraction of sp³-hybridized carbons (Fsp3) is 0.533. The van der Waals surface area contributed by atoms with Crippen LogP contribution in [0.25, 0.3) is 0 Å². The van der Waals surface area contributed by atoms with Crippen molar-refractivity contribution < 1.29 is 9.90 Å². The summed E-state index contributed by atoms with van der Waals surface area (Å²) >= 11 is 6.01. The number of benzene rings is 1. The monoisotopic (exact) mass is 283 g/mol. The van der Waals surface area contributed by atoms with Crippen molar-refractivity contribution in [3.05, 3.63) is 29.3 Å². The summed E-state index contributed by atoms with van der Waals surface area (Å²) in [4.78, 5) is 12.1. The Bertz CT molecular complexity index is 434. The molecule has 1 aromatic rings. The molecule has 0 saturated heterocycles. The highest BCUT2D eigenvalue weighted by Gasteiger charge is 2.26. The molecule has 0 atom stereocenters. The van der Waals surface area contributed by atoms with E-state index in [1.54, 1.807) is 12.1 Å². The lowest BCUT2D eigenvalue weighted by Crippen LogP contribution is -2.38. The molecule has 2 N–H and O–H groups in total. The summed E-state index contributed by atoms with van der Waals surface area (Å²) in [5.41, 5.74) is 1.16. The number of nitrogens with one attached hydrogen (secondary N) is 1. The first-order chi connectivity index (χ1) is 8.98. The highest BCUT2D eigenvalue weighted by Crippen LogP contribution is 2.27. The number of hydrogen-bond acceptors (Lipinski definition) is 2. The summed E-state index contributed by atoms with van der Waals surface area (Å²) < 4.78 is 0. The van der Waals surface area contributed by atoms with Gasteiger partial charge in [-0.3, -0.25) is 4.79 Å². The van der Waals surface area contributed by atoms with Gasteiger partial charge in [-0.2, -0.15) is 0 Å². The van der Waals surface area contributed by atoms with Gasteiger partial charge in [-0.15, -0.1) is 11.6 Å². The Morgan fingerprint density at radius 1 is 1.37 bits per heavy atom. The first kappa shape index (κ1) is 15.8. The minimum atomic E-state index is -0.256. The van der Waals surface area contributed by atoms with Crippen molar-refractivity contribution in [3.63, 3.8) is 0 Å². The van der Waals surface area contributed by atoms with Gasteiger partial charge in [0.15, 0.2) is 0 Å². The van der Waals surface area contributed by atoms with Gasteiger partial charge in [-0.05, 0) is 37.5 Å². The maximum atomic E-state index is 12.1. The summed E-state index contributed by atoms with van der Waals surface area (Å²) in [6, 6.07) is 5.03. The van der Waals surface area contributed by atoms with Crippen LogP contribution in [0.15, 0.2) is 18.2 Å². The minimum Gasteiger partial charge on any atom is -0.507 e.